The molecule has 4 rings (SSSR count). The lowest BCUT2D eigenvalue weighted by atomic mass is 9.85. The molecule has 2 heteroatoms. The van der Waals surface area contributed by atoms with E-state index in [0.29, 0.717) is 5.56 Å². The monoisotopic (exact) mass is 427 g/mol. The predicted molar refractivity (Wildman–Crippen MR) is 135 cm³/mol. The van der Waals surface area contributed by atoms with Gasteiger partial charge < -0.3 is 5.32 Å². The van der Waals surface area contributed by atoms with Crippen LogP contribution in [0, 0.1) is 11.8 Å². The summed E-state index contributed by atoms with van der Waals surface area (Å²) in [5.74, 6) is 0.880. The molecule has 2 aromatic rings. The summed E-state index contributed by atoms with van der Waals surface area (Å²) in [6.45, 7) is 14.2. The highest BCUT2D eigenvalue weighted by molar-refractivity contribution is 5.75. The second-order valence-corrected chi connectivity index (χ2v) is 10.0. The van der Waals surface area contributed by atoms with Crippen molar-refractivity contribution in [1.29, 1.82) is 0 Å². The van der Waals surface area contributed by atoms with Gasteiger partial charge in [-0.25, -0.2) is 4.39 Å². The van der Waals surface area contributed by atoms with Gasteiger partial charge in [0.05, 0.1) is 0 Å². The molecule has 32 heavy (non-hydrogen) atoms. The lowest BCUT2D eigenvalue weighted by Crippen LogP contribution is -2.11. The molecule has 2 aromatic carbocycles. The molecule has 2 unspecified atom stereocenters. The normalized spacial score (nSPS) is 20.6. The van der Waals surface area contributed by atoms with Crippen molar-refractivity contribution in [2.24, 2.45) is 11.8 Å². The molecule has 0 aliphatic heterocycles. The molecule has 1 nitrogen and oxygen atoms in total. The third kappa shape index (κ3) is 4.65. The Morgan fingerprint density at radius 2 is 1.69 bits per heavy atom. The second-order valence-electron chi connectivity index (χ2n) is 10.0. The highest BCUT2D eigenvalue weighted by Crippen LogP contribution is 2.37. The zero-order valence-corrected chi connectivity index (χ0v) is 19.9. The van der Waals surface area contributed by atoms with Crippen molar-refractivity contribution < 1.29 is 4.39 Å². The first-order valence-corrected chi connectivity index (χ1v) is 11.6. The number of rotatable bonds is 5. The summed E-state index contributed by atoms with van der Waals surface area (Å²) in [5.41, 5.74) is 8.99. The van der Waals surface area contributed by atoms with Gasteiger partial charge in [0.2, 0.25) is 0 Å². The number of halogens is 1. The predicted octanol–water partition coefficient (Wildman–Crippen LogP) is 8.16. The van der Waals surface area contributed by atoms with Crippen LogP contribution in [0.3, 0.4) is 0 Å². The van der Waals surface area contributed by atoms with Crippen LogP contribution in [0.25, 0.3) is 5.57 Å². The Morgan fingerprint density at radius 3 is 2.38 bits per heavy atom. The average Bonchev–Trinajstić information content (AvgIpc) is 3.03. The van der Waals surface area contributed by atoms with Crippen molar-refractivity contribution in [3.05, 3.63) is 106 Å². The summed E-state index contributed by atoms with van der Waals surface area (Å²) < 4.78 is 14.3. The largest absolute Gasteiger partial charge is 0.356 e. The maximum Gasteiger partial charge on any atom is 0.130 e. The quantitative estimate of drug-likeness (QED) is 0.507. The number of hydrogen-bond donors (Lipinski definition) is 1. The van der Waals surface area contributed by atoms with E-state index in [4.69, 9.17) is 0 Å². The fourth-order valence-electron chi connectivity index (χ4n) is 4.87. The van der Waals surface area contributed by atoms with Crippen LogP contribution >= 0.6 is 0 Å². The highest BCUT2D eigenvalue weighted by atomic mass is 19.1. The molecule has 0 saturated heterocycles. The number of nitrogens with one attached hydrogen (secondary N) is 1. The van der Waals surface area contributed by atoms with Gasteiger partial charge in [0.25, 0.3) is 0 Å². The molecule has 166 valence electrons. The van der Waals surface area contributed by atoms with E-state index in [1.807, 2.05) is 24.3 Å². The van der Waals surface area contributed by atoms with Gasteiger partial charge in [0.15, 0.2) is 0 Å². The molecule has 0 fully saturated rings. The number of hydrogen-bond acceptors (Lipinski definition) is 1. The van der Waals surface area contributed by atoms with Crippen molar-refractivity contribution in [1.82, 2.24) is 0 Å². The third-order valence-electron chi connectivity index (χ3n) is 6.73. The summed E-state index contributed by atoms with van der Waals surface area (Å²) in [4.78, 5) is 0. The Balaban J connectivity index is 1.58. The van der Waals surface area contributed by atoms with Crippen molar-refractivity contribution in [2.45, 2.75) is 53.1 Å². The molecular weight excluding hydrogens is 393 g/mol. The topological polar surface area (TPSA) is 12.0 Å². The SMILES string of the molecule is C=C(Nc1ccc2c(c1)CC(C)C2)C1=CC(C)=CC=C(c2ccc(C(C)(C)F)cc2)C1C. The van der Waals surface area contributed by atoms with Crippen molar-refractivity contribution >= 4 is 11.3 Å². The van der Waals surface area contributed by atoms with Crippen LogP contribution in [0.15, 0.2) is 84.1 Å². The first kappa shape index (κ1) is 22.3. The third-order valence-corrected chi connectivity index (χ3v) is 6.73. The Kier molecular flexibility index (Phi) is 5.99. The molecular formula is C30H34FN. The minimum absolute atomic E-state index is 0.155. The Morgan fingerprint density at radius 1 is 1.00 bits per heavy atom. The number of benzene rings is 2. The number of fused-ring (bicyclic) bond motifs is 1. The maximum atomic E-state index is 14.3. The molecule has 0 heterocycles. The first-order chi connectivity index (χ1) is 15.1. The van der Waals surface area contributed by atoms with Crippen LogP contribution in [-0.2, 0) is 18.5 Å². The summed E-state index contributed by atoms with van der Waals surface area (Å²) in [7, 11) is 0. The molecule has 2 atom stereocenters. The van der Waals surface area contributed by atoms with Crippen LogP contribution in [0.1, 0.15) is 56.9 Å². The molecule has 0 radical (unpaired) electrons. The van der Waals surface area contributed by atoms with E-state index in [-0.39, 0.29) is 5.92 Å². The zero-order chi connectivity index (χ0) is 23.0. The van der Waals surface area contributed by atoms with Gasteiger partial charge in [0, 0.05) is 17.3 Å². The van der Waals surface area contributed by atoms with Crippen LogP contribution in [-0.4, -0.2) is 0 Å². The van der Waals surface area contributed by atoms with Crippen LogP contribution < -0.4 is 5.32 Å². The molecule has 0 saturated carbocycles. The van der Waals surface area contributed by atoms with Gasteiger partial charge in [-0.15, -0.1) is 0 Å². The van der Waals surface area contributed by atoms with Gasteiger partial charge in [-0.3, -0.25) is 0 Å². The van der Waals surface area contributed by atoms with E-state index < -0.39 is 5.67 Å². The Bertz CT molecular complexity index is 1120. The number of allylic oxidation sites excluding steroid dienone is 6. The molecule has 2 aliphatic carbocycles. The molecule has 0 aromatic heterocycles. The lowest BCUT2D eigenvalue weighted by molar-refractivity contribution is 0.221. The van der Waals surface area contributed by atoms with Gasteiger partial charge >= 0.3 is 0 Å². The smallest absolute Gasteiger partial charge is 0.130 e. The van der Waals surface area contributed by atoms with Crippen LogP contribution in [0.5, 0.6) is 0 Å². The summed E-state index contributed by atoms with van der Waals surface area (Å²) >= 11 is 0. The van der Waals surface area contributed by atoms with E-state index in [2.05, 4.69) is 69.1 Å². The highest BCUT2D eigenvalue weighted by Gasteiger charge is 2.23. The Labute approximate surface area is 192 Å². The van der Waals surface area contributed by atoms with E-state index in [1.165, 1.54) is 34.3 Å². The molecule has 0 bridgehead atoms. The number of anilines is 1. The average molecular weight is 428 g/mol. The van der Waals surface area contributed by atoms with Crippen LogP contribution in [0.2, 0.25) is 0 Å². The van der Waals surface area contributed by atoms with Crippen molar-refractivity contribution in [3.63, 3.8) is 0 Å². The first-order valence-electron chi connectivity index (χ1n) is 11.6. The molecule has 0 spiro atoms. The summed E-state index contributed by atoms with van der Waals surface area (Å²) in [6, 6.07) is 14.6. The van der Waals surface area contributed by atoms with Crippen molar-refractivity contribution in [3.8, 4) is 0 Å². The minimum Gasteiger partial charge on any atom is -0.356 e. The fourth-order valence-corrected chi connectivity index (χ4v) is 4.87. The zero-order valence-electron chi connectivity index (χ0n) is 19.9. The van der Waals surface area contributed by atoms with Gasteiger partial charge in [-0.05, 0) is 85.1 Å². The van der Waals surface area contributed by atoms with Gasteiger partial charge in [-0.2, -0.15) is 0 Å². The summed E-state index contributed by atoms with van der Waals surface area (Å²) in [6.07, 6.45) is 8.88. The number of alkyl halides is 1. The van der Waals surface area contributed by atoms with E-state index in [0.717, 1.165) is 29.3 Å². The minimum atomic E-state index is -1.34. The maximum absolute atomic E-state index is 14.3. The molecule has 0 amide bonds. The fraction of sp³-hybridized carbons (Fsp3) is 0.333. The summed E-state index contributed by atoms with van der Waals surface area (Å²) in [5, 5.41) is 3.57. The lowest BCUT2D eigenvalue weighted by Gasteiger charge is -2.23. The van der Waals surface area contributed by atoms with Crippen LogP contribution in [0.4, 0.5) is 10.1 Å². The van der Waals surface area contributed by atoms with Gasteiger partial charge in [0.1, 0.15) is 5.67 Å². The van der Waals surface area contributed by atoms with E-state index >= 15 is 0 Å². The second kappa shape index (κ2) is 8.58. The van der Waals surface area contributed by atoms with E-state index in [9.17, 15) is 4.39 Å². The van der Waals surface area contributed by atoms with Gasteiger partial charge in [-0.1, -0.05) is 74.6 Å². The van der Waals surface area contributed by atoms with E-state index in [1.54, 1.807) is 13.8 Å². The molecule has 2 aliphatic rings. The standard InChI is InChI=1S/C30H34FN/c1-19-7-14-28(23-8-11-26(12-9-23)30(5,6)31)21(3)29(17-19)22(4)32-27-13-10-24-15-20(2)16-25(24)18-27/h7-14,17-18,20-21,32H,4,15-16H2,1-3,5-6H3. The Hall–Kier alpha value is -2.87. The van der Waals surface area contributed by atoms with Crippen molar-refractivity contribution in [2.75, 3.05) is 5.32 Å². The molecule has 1 N–H and O–H groups in total.